The van der Waals surface area contributed by atoms with Gasteiger partial charge in [0.1, 0.15) is 0 Å². The molecule has 1 fully saturated rings. The lowest BCUT2D eigenvalue weighted by Gasteiger charge is -2.22. The monoisotopic (exact) mass is 280 g/mol. The van der Waals surface area contributed by atoms with Crippen LogP contribution >= 0.6 is 12.2 Å². The molecule has 1 aromatic carbocycles. The summed E-state index contributed by atoms with van der Waals surface area (Å²) in [6.07, 6.45) is 2.44. The zero-order valence-corrected chi connectivity index (χ0v) is 12.4. The van der Waals surface area contributed by atoms with Crippen LogP contribution in [0, 0.1) is 0 Å². The van der Waals surface area contributed by atoms with Crippen LogP contribution in [0.5, 0.6) is 11.5 Å². The zero-order valence-electron chi connectivity index (χ0n) is 11.6. The summed E-state index contributed by atoms with van der Waals surface area (Å²) >= 11 is 5.38. The molecule has 1 aromatic rings. The minimum absolute atomic E-state index is 0.571. The molecule has 0 heterocycles. The molecular weight excluding hydrogens is 260 g/mol. The number of rotatable bonds is 5. The molecule has 19 heavy (non-hydrogen) atoms. The van der Waals surface area contributed by atoms with Crippen molar-refractivity contribution in [2.45, 2.75) is 25.4 Å². The van der Waals surface area contributed by atoms with Gasteiger partial charge in [0.15, 0.2) is 16.6 Å². The van der Waals surface area contributed by atoms with Crippen LogP contribution < -0.4 is 14.8 Å². The van der Waals surface area contributed by atoms with E-state index >= 15 is 0 Å². The van der Waals surface area contributed by atoms with Gasteiger partial charge in [0.05, 0.1) is 14.2 Å². The van der Waals surface area contributed by atoms with Crippen molar-refractivity contribution in [3.8, 4) is 11.5 Å². The van der Waals surface area contributed by atoms with Crippen molar-refractivity contribution >= 4 is 17.3 Å². The van der Waals surface area contributed by atoms with Crippen LogP contribution in [0.4, 0.5) is 0 Å². The van der Waals surface area contributed by atoms with E-state index in [9.17, 15) is 0 Å². The van der Waals surface area contributed by atoms with Gasteiger partial charge in [-0.05, 0) is 31.1 Å². The number of benzene rings is 1. The Labute approximate surface area is 119 Å². The molecule has 1 saturated carbocycles. The molecule has 104 valence electrons. The molecule has 0 aromatic heterocycles. The predicted molar refractivity (Wildman–Crippen MR) is 79.8 cm³/mol. The Kier molecular flexibility index (Phi) is 4.47. The Morgan fingerprint density at radius 3 is 2.68 bits per heavy atom. The second-order valence-corrected chi connectivity index (χ2v) is 5.12. The molecule has 2 rings (SSSR count). The van der Waals surface area contributed by atoms with Crippen LogP contribution in [0.15, 0.2) is 18.2 Å². The number of methoxy groups -OCH3 is 2. The van der Waals surface area contributed by atoms with Crippen molar-refractivity contribution in [1.29, 1.82) is 0 Å². The van der Waals surface area contributed by atoms with E-state index in [1.807, 2.05) is 30.1 Å². The lowest BCUT2D eigenvalue weighted by Crippen LogP contribution is -2.37. The normalized spacial score (nSPS) is 13.8. The molecule has 4 nitrogen and oxygen atoms in total. The van der Waals surface area contributed by atoms with E-state index in [4.69, 9.17) is 21.7 Å². The van der Waals surface area contributed by atoms with Gasteiger partial charge in [0, 0.05) is 25.2 Å². The fraction of sp³-hybridized carbons (Fsp3) is 0.500. The largest absolute Gasteiger partial charge is 0.493 e. The molecule has 0 saturated heterocycles. The summed E-state index contributed by atoms with van der Waals surface area (Å²) in [5.74, 6) is 1.51. The minimum atomic E-state index is 0.571. The standard InChI is InChI=1S/C14H20N2O2S/c1-16(14(19)15-11-7-8-11)9-10-5-4-6-12(17-2)13(10)18-3/h4-6,11H,7-9H2,1-3H3,(H,15,19). The van der Waals surface area contributed by atoms with E-state index in [1.165, 1.54) is 12.8 Å². The first-order valence-electron chi connectivity index (χ1n) is 6.37. The van der Waals surface area contributed by atoms with Crippen LogP contribution in [-0.2, 0) is 6.54 Å². The zero-order chi connectivity index (χ0) is 13.8. The fourth-order valence-corrected chi connectivity index (χ4v) is 2.15. The Bertz CT molecular complexity index is 461. The van der Waals surface area contributed by atoms with Crippen molar-refractivity contribution in [1.82, 2.24) is 10.2 Å². The molecule has 1 aliphatic rings. The topological polar surface area (TPSA) is 33.7 Å². The van der Waals surface area contributed by atoms with Gasteiger partial charge in [-0.1, -0.05) is 12.1 Å². The molecule has 0 atom stereocenters. The number of thiocarbonyl (C=S) groups is 1. The van der Waals surface area contributed by atoms with Gasteiger partial charge >= 0.3 is 0 Å². The van der Waals surface area contributed by atoms with Crippen LogP contribution in [0.25, 0.3) is 0 Å². The maximum atomic E-state index is 5.43. The first-order chi connectivity index (χ1) is 9.15. The average molecular weight is 280 g/mol. The second kappa shape index (κ2) is 6.10. The van der Waals surface area contributed by atoms with Crippen molar-refractivity contribution < 1.29 is 9.47 Å². The quantitative estimate of drug-likeness (QED) is 0.836. The predicted octanol–water partition coefficient (Wildman–Crippen LogP) is 2.17. The molecule has 0 spiro atoms. The molecule has 0 unspecified atom stereocenters. The summed E-state index contributed by atoms with van der Waals surface area (Å²) in [6.45, 7) is 0.693. The average Bonchev–Trinajstić information content (AvgIpc) is 3.22. The molecule has 1 aliphatic carbocycles. The number of para-hydroxylation sites is 1. The molecule has 0 amide bonds. The Hall–Kier alpha value is -1.49. The maximum absolute atomic E-state index is 5.43. The van der Waals surface area contributed by atoms with E-state index in [0.29, 0.717) is 12.6 Å². The first-order valence-corrected chi connectivity index (χ1v) is 6.78. The fourth-order valence-electron chi connectivity index (χ4n) is 1.92. The molecule has 1 N–H and O–H groups in total. The molecule has 0 bridgehead atoms. The number of ether oxygens (including phenoxy) is 2. The third kappa shape index (κ3) is 3.50. The molecule has 5 heteroatoms. The van der Waals surface area contributed by atoms with Crippen molar-refractivity contribution in [2.24, 2.45) is 0 Å². The first kappa shape index (κ1) is 13.9. The summed E-state index contributed by atoms with van der Waals surface area (Å²) in [5, 5.41) is 4.11. The van der Waals surface area contributed by atoms with Crippen LogP contribution in [0.2, 0.25) is 0 Å². The third-order valence-corrected chi connectivity index (χ3v) is 3.57. The number of nitrogens with one attached hydrogen (secondary N) is 1. The third-order valence-electron chi connectivity index (χ3n) is 3.14. The Balaban J connectivity index is 2.06. The summed E-state index contributed by atoms with van der Waals surface area (Å²) < 4.78 is 10.7. The van der Waals surface area contributed by atoms with E-state index in [-0.39, 0.29) is 0 Å². The lowest BCUT2D eigenvalue weighted by atomic mass is 10.1. The van der Waals surface area contributed by atoms with Gasteiger partial charge in [0.25, 0.3) is 0 Å². The molecular formula is C14H20N2O2S. The van der Waals surface area contributed by atoms with Crippen LogP contribution in [-0.4, -0.2) is 37.3 Å². The highest BCUT2D eigenvalue weighted by Gasteiger charge is 2.23. The maximum Gasteiger partial charge on any atom is 0.169 e. The minimum Gasteiger partial charge on any atom is -0.493 e. The SMILES string of the molecule is COc1cccc(CN(C)C(=S)NC2CC2)c1OC. The summed E-state index contributed by atoms with van der Waals surface area (Å²) in [7, 11) is 5.28. The van der Waals surface area contributed by atoms with Crippen molar-refractivity contribution in [3.63, 3.8) is 0 Å². The number of hydrogen-bond acceptors (Lipinski definition) is 3. The van der Waals surface area contributed by atoms with Gasteiger partial charge in [-0.2, -0.15) is 0 Å². The van der Waals surface area contributed by atoms with E-state index in [1.54, 1.807) is 14.2 Å². The lowest BCUT2D eigenvalue weighted by molar-refractivity contribution is 0.346. The van der Waals surface area contributed by atoms with Crippen molar-refractivity contribution in [2.75, 3.05) is 21.3 Å². The molecule has 0 aliphatic heterocycles. The Morgan fingerprint density at radius 2 is 2.11 bits per heavy atom. The van der Waals surface area contributed by atoms with E-state index in [0.717, 1.165) is 22.2 Å². The van der Waals surface area contributed by atoms with Crippen LogP contribution in [0.1, 0.15) is 18.4 Å². The second-order valence-electron chi connectivity index (χ2n) is 4.73. The smallest absolute Gasteiger partial charge is 0.169 e. The summed E-state index contributed by atoms with van der Waals surface area (Å²) in [5.41, 5.74) is 1.06. The van der Waals surface area contributed by atoms with Gasteiger partial charge in [0.2, 0.25) is 0 Å². The van der Waals surface area contributed by atoms with Crippen molar-refractivity contribution in [3.05, 3.63) is 23.8 Å². The molecule has 0 radical (unpaired) electrons. The van der Waals surface area contributed by atoms with Gasteiger partial charge in [-0.3, -0.25) is 0 Å². The highest BCUT2D eigenvalue weighted by atomic mass is 32.1. The highest BCUT2D eigenvalue weighted by Crippen LogP contribution is 2.31. The van der Waals surface area contributed by atoms with Crippen LogP contribution in [0.3, 0.4) is 0 Å². The van der Waals surface area contributed by atoms with Gasteiger partial charge in [-0.15, -0.1) is 0 Å². The van der Waals surface area contributed by atoms with Gasteiger partial charge < -0.3 is 19.7 Å². The number of hydrogen-bond donors (Lipinski definition) is 1. The van der Waals surface area contributed by atoms with E-state index in [2.05, 4.69) is 5.32 Å². The summed E-state index contributed by atoms with van der Waals surface area (Å²) in [4.78, 5) is 2.02. The summed E-state index contributed by atoms with van der Waals surface area (Å²) in [6, 6.07) is 6.45. The van der Waals surface area contributed by atoms with E-state index < -0.39 is 0 Å². The Morgan fingerprint density at radius 1 is 1.37 bits per heavy atom. The number of nitrogens with zero attached hydrogens (tertiary/aromatic N) is 1. The van der Waals surface area contributed by atoms with Gasteiger partial charge in [-0.25, -0.2) is 0 Å². The highest BCUT2D eigenvalue weighted by molar-refractivity contribution is 7.80.